The maximum atomic E-state index is 11.2. The maximum Gasteiger partial charge on any atom is 0.407 e. The molecule has 2 saturated heterocycles. The van der Waals surface area contributed by atoms with E-state index in [0.717, 1.165) is 13.0 Å². The Morgan fingerprint density at radius 3 is 2.89 bits per heavy atom. The lowest BCUT2D eigenvalue weighted by Crippen LogP contribution is -2.38. The van der Waals surface area contributed by atoms with Crippen LogP contribution in [0.15, 0.2) is 12.3 Å². The van der Waals surface area contributed by atoms with Gasteiger partial charge < -0.3 is 14.9 Å². The first kappa shape index (κ1) is 12.8. The van der Waals surface area contributed by atoms with Crippen LogP contribution in [0.3, 0.4) is 0 Å². The Morgan fingerprint density at radius 2 is 2.21 bits per heavy atom. The Bertz CT molecular complexity index is 505. The van der Waals surface area contributed by atoms with Gasteiger partial charge in [-0.2, -0.15) is 0 Å². The van der Waals surface area contributed by atoms with Crippen LogP contribution in [0.2, 0.25) is 10.2 Å². The van der Waals surface area contributed by atoms with E-state index in [1.807, 2.05) is 4.90 Å². The third-order valence-electron chi connectivity index (χ3n) is 3.94. The van der Waals surface area contributed by atoms with Crippen molar-refractivity contribution in [1.29, 1.82) is 0 Å². The summed E-state index contributed by atoms with van der Waals surface area (Å²) in [6, 6.07) is 1.73. The van der Waals surface area contributed by atoms with Gasteiger partial charge in [-0.1, -0.05) is 23.2 Å². The van der Waals surface area contributed by atoms with Crippen LogP contribution in [-0.2, 0) is 0 Å². The van der Waals surface area contributed by atoms with Crippen molar-refractivity contribution in [2.45, 2.75) is 12.5 Å². The van der Waals surface area contributed by atoms with Crippen molar-refractivity contribution in [2.24, 2.45) is 5.92 Å². The van der Waals surface area contributed by atoms with E-state index in [1.54, 1.807) is 12.3 Å². The first-order valence-electron chi connectivity index (χ1n) is 6.12. The molecule has 3 heterocycles. The summed E-state index contributed by atoms with van der Waals surface area (Å²) in [6.07, 6.45) is 1.61. The third-order valence-corrected chi connectivity index (χ3v) is 4.52. The third kappa shape index (κ3) is 2.11. The predicted molar refractivity (Wildman–Crippen MR) is 73.1 cm³/mol. The minimum absolute atomic E-state index is 0.0323. The SMILES string of the molecule is O=C(O)N1CC[C@@H]2CN(c3c(Cl)ccnc3Cl)C[C@@H]21. The summed E-state index contributed by atoms with van der Waals surface area (Å²) in [7, 11) is 0. The van der Waals surface area contributed by atoms with Gasteiger partial charge >= 0.3 is 6.09 Å². The standard InChI is InChI=1S/C12H13Cl2N3O2/c13-8-1-3-15-11(14)10(8)16-5-7-2-4-17(12(18)19)9(7)6-16/h1,3,7,9H,2,4-6H2,(H,18,19)/t7-,9+/m1/s1. The lowest BCUT2D eigenvalue weighted by atomic mass is 10.1. The van der Waals surface area contributed by atoms with Crippen molar-refractivity contribution >= 4 is 35.0 Å². The first-order chi connectivity index (χ1) is 9.08. The van der Waals surface area contributed by atoms with Crippen molar-refractivity contribution in [3.8, 4) is 0 Å². The fourth-order valence-corrected chi connectivity index (χ4v) is 3.66. The number of anilines is 1. The molecule has 5 nitrogen and oxygen atoms in total. The van der Waals surface area contributed by atoms with E-state index in [0.29, 0.717) is 34.9 Å². The number of nitrogens with zero attached hydrogens (tertiary/aromatic N) is 3. The number of hydrogen-bond donors (Lipinski definition) is 1. The minimum Gasteiger partial charge on any atom is -0.465 e. The smallest absolute Gasteiger partial charge is 0.407 e. The highest BCUT2D eigenvalue weighted by molar-refractivity contribution is 6.38. The molecule has 2 fully saturated rings. The summed E-state index contributed by atoms with van der Waals surface area (Å²) in [5, 5.41) is 10.1. The zero-order chi connectivity index (χ0) is 13.6. The highest BCUT2D eigenvalue weighted by Gasteiger charge is 2.44. The van der Waals surface area contributed by atoms with Crippen molar-refractivity contribution in [3.05, 3.63) is 22.4 Å². The Morgan fingerprint density at radius 1 is 1.42 bits per heavy atom. The molecule has 0 unspecified atom stereocenters. The highest BCUT2D eigenvalue weighted by Crippen LogP contribution is 2.39. The molecular formula is C12H13Cl2N3O2. The van der Waals surface area contributed by atoms with E-state index in [1.165, 1.54) is 4.90 Å². The molecule has 2 atom stereocenters. The van der Waals surface area contributed by atoms with Crippen LogP contribution in [-0.4, -0.2) is 46.8 Å². The summed E-state index contributed by atoms with van der Waals surface area (Å²) in [6.45, 7) is 2.02. The van der Waals surface area contributed by atoms with Gasteiger partial charge in [0, 0.05) is 31.7 Å². The molecule has 0 saturated carbocycles. The number of fused-ring (bicyclic) bond motifs is 1. The van der Waals surface area contributed by atoms with Crippen molar-refractivity contribution in [3.63, 3.8) is 0 Å². The average Bonchev–Trinajstić information content (AvgIpc) is 2.87. The quantitative estimate of drug-likeness (QED) is 0.810. The zero-order valence-corrected chi connectivity index (χ0v) is 11.6. The van der Waals surface area contributed by atoms with Crippen LogP contribution in [0.1, 0.15) is 6.42 Å². The van der Waals surface area contributed by atoms with Crippen LogP contribution in [0.4, 0.5) is 10.5 Å². The second kappa shape index (κ2) is 4.72. The minimum atomic E-state index is -0.849. The number of halogens is 2. The zero-order valence-electron chi connectivity index (χ0n) is 10.1. The van der Waals surface area contributed by atoms with Gasteiger partial charge in [0.15, 0.2) is 5.15 Å². The number of carboxylic acid groups (broad SMARTS) is 1. The van der Waals surface area contributed by atoms with E-state index in [-0.39, 0.29) is 6.04 Å². The molecule has 1 aromatic rings. The summed E-state index contributed by atoms with van der Waals surface area (Å²) in [5.74, 6) is 0.350. The van der Waals surface area contributed by atoms with Gasteiger partial charge in [-0.3, -0.25) is 0 Å². The molecule has 0 spiro atoms. The Kier molecular flexibility index (Phi) is 3.19. The molecule has 102 valence electrons. The van der Waals surface area contributed by atoms with Crippen molar-refractivity contribution in [2.75, 3.05) is 24.5 Å². The molecular weight excluding hydrogens is 289 g/mol. The van der Waals surface area contributed by atoms with Crippen LogP contribution < -0.4 is 4.90 Å². The fraction of sp³-hybridized carbons (Fsp3) is 0.500. The Hall–Kier alpha value is -1.20. The van der Waals surface area contributed by atoms with Crippen molar-refractivity contribution < 1.29 is 9.90 Å². The van der Waals surface area contributed by atoms with Gasteiger partial charge in [0.1, 0.15) is 0 Å². The number of amides is 1. The lowest BCUT2D eigenvalue weighted by molar-refractivity contribution is 0.140. The first-order valence-corrected chi connectivity index (χ1v) is 6.88. The van der Waals surface area contributed by atoms with Gasteiger partial charge in [-0.05, 0) is 12.5 Å². The molecule has 2 aliphatic rings. The number of carbonyl (C=O) groups is 1. The number of likely N-dealkylation sites (tertiary alicyclic amines) is 1. The van der Waals surface area contributed by atoms with Gasteiger partial charge in [-0.15, -0.1) is 0 Å². The van der Waals surface area contributed by atoms with Crippen molar-refractivity contribution in [1.82, 2.24) is 9.88 Å². The van der Waals surface area contributed by atoms with Gasteiger partial charge in [-0.25, -0.2) is 9.78 Å². The van der Waals surface area contributed by atoms with E-state index >= 15 is 0 Å². The molecule has 1 N–H and O–H groups in total. The van der Waals surface area contributed by atoms with E-state index < -0.39 is 6.09 Å². The molecule has 1 amide bonds. The summed E-state index contributed by atoms with van der Waals surface area (Å²) >= 11 is 12.3. The van der Waals surface area contributed by atoms with Crippen LogP contribution in [0, 0.1) is 5.92 Å². The topological polar surface area (TPSA) is 56.7 Å². The maximum absolute atomic E-state index is 11.2. The normalized spacial score (nSPS) is 25.8. The summed E-state index contributed by atoms with van der Waals surface area (Å²) < 4.78 is 0. The molecule has 0 bridgehead atoms. The number of hydrogen-bond acceptors (Lipinski definition) is 3. The van der Waals surface area contributed by atoms with Crippen LogP contribution >= 0.6 is 23.2 Å². The summed E-state index contributed by atoms with van der Waals surface area (Å²) in [5.41, 5.74) is 0.713. The molecule has 19 heavy (non-hydrogen) atoms. The average molecular weight is 302 g/mol. The number of aromatic nitrogens is 1. The van der Waals surface area contributed by atoms with Gasteiger partial charge in [0.25, 0.3) is 0 Å². The second-order valence-corrected chi connectivity index (χ2v) is 5.69. The molecule has 7 heteroatoms. The van der Waals surface area contributed by atoms with E-state index in [4.69, 9.17) is 28.3 Å². The second-order valence-electron chi connectivity index (χ2n) is 4.93. The van der Waals surface area contributed by atoms with Gasteiger partial charge in [0.05, 0.1) is 16.8 Å². The largest absolute Gasteiger partial charge is 0.465 e. The molecule has 0 aromatic carbocycles. The van der Waals surface area contributed by atoms with Crippen LogP contribution in [0.5, 0.6) is 0 Å². The molecule has 0 aliphatic carbocycles. The van der Waals surface area contributed by atoms with E-state index in [9.17, 15) is 4.79 Å². The van der Waals surface area contributed by atoms with Crippen LogP contribution in [0.25, 0.3) is 0 Å². The van der Waals surface area contributed by atoms with Gasteiger partial charge in [0.2, 0.25) is 0 Å². The Balaban J connectivity index is 1.85. The monoisotopic (exact) mass is 301 g/mol. The molecule has 2 aliphatic heterocycles. The predicted octanol–water partition coefficient (Wildman–Crippen LogP) is 2.58. The summed E-state index contributed by atoms with van der Waals surface area (Å²) in [4.78, 5) is 18.8. The number of pyridine rings is 1. The molecule has 0 radical (unpaired) electrons. The Labute approximate surface area is 120 Å². The molecule has 3 rings (SSSR count). The number of rotatable bonds is 1. The fourth-order valence-electron chi connectivity index (χ4n) is 3.07. The highest BCUT2D eigenvalue weighted by atomic mass is 35.5. The van der Waals surface area contributed by atoms with E-state index in [2.05, 4.69) is 4.98 Å². The molecule has 1 aromatic heterocycles. The lowest BCUT2D eigenvalue weighted by Gasteiger charge is -2.24.